The van der Waals surface area contributed by atoms with Crippen LogP contribution in [0.3, 0.4) is 0 Å². The molecular weight excluding hydrogens is 290 g/mol. The third-order valence-corrected chi connectivity index (χ3v) is 4.46. The smallest absolute Gasteiger partial charge is 0.201 e. The van der Waals surface area contributed by atoms with Gasteiger partial charge in [0.25, 0.3) is 0 Å². The van der Waals surface area contributed by atoms with E-state index in [0.717, 1.165) is 36.6 Å². The van der Waals surface area contributed by atoms with Crippen molar-refractivity contribution >= 4 is 11.5 Å². The molecule has 23 heavy (non-hydrogen) atoms. The number of ether oxygens (including phenoxy) is 1. The summed E-state index contributed by atoms with van der Waals surface area (Å²) in [5.41, 5.74) is 8.24. The van der Waals surface area contributed by atoms with E-state index in [0.29, 0.717) is 0 Å². The molecule has 0 radical (unpaired) electrons. The number of aryl methyl sites for hydroxylation is 1. The number of hydrogen-bond acceptors (Lipinski definition) is 5. The van der Waals surface area contributed by atoms with Crippen LogP contribution in [0.15, 0.2) is 49.0 Å². The molecule has 1 aromatic carbocycles. The SMILES string of the molecule is Cn1ncc(N2C=CO[C@H]2c2ccccc2)c1N1CCC(N)C1. The minimum Gasteiger partial charge on any atom is -0.472 e. The van der Waals surface area contributed by atoms with Gasteiger partial charge in [-0.05, 0) is 6.42 Å². The van der Waals surface area contributed by atoms with Crippen molar-refractivity contribution in [2.45, 2.75) is 18.7 Å². The van der Waals surface area contributed by atoms with Gasteiger partial charge in [0.05, 0.1) is 6.20 Å². The van der Waals surface area contributed by atoms with Crippen molar-refractivity contribution in [3.8, 4) is 0 Å². The van der Waals surface area contributed by atoms with E-state index in [4.69, 9.17) is 10.5 Å². The zero-order chi connectivity index (χ0) is 15.8. The molecule has 2 N–H and O–H groups in total. The van der Waals surface area contributed by atoms with E-state index in [2.05, 4.69) is 27.0 Å². The second-order valence-electron chi connectivity index (χ2n) is 6.06. The van der Waals surface area contributed by atoms with E-state index in [1.807, 2.05) is 42.3 Å². The lowest BCUT2D eigenvalue weighted by atomic mass is 10.2. The normalized spacial score (nSPS) is 23.6. The monoisotopic (exact) mass is 311 g/mol. The summed E-state index contributed by atoms with van der Waals surface area (Å²) < 4.78 is 7.74. The van der Waals surface area contributed by atoms with Crippen molar-refractivity contribution in [1.29, 1.82) is 0 Å². The first-order valence-corrected chi connectivity index (χ1v) is 7.92. The van der Waals surface area contributed by atoms with Gasteiger partial charge in [-0.25, -0.2) is 0 Å². The Kier molecular flexibility index (Phi) is 3.46. The van der Waals surface area contributed by atoms with Crippen molar-refractivity contribution in [3.05, 3.63) is 54.6 Å². The molecule has 2 aliphatic heterocycles. The molecule has 1 unspecified atom stereocenters. The molecule has 2 aromatic rings. The molecule has 0 spiro atoms. The zero-order valence-electron chi connectivity index (χ0n) is 13.2. The lowest BCUT2D eigenvalue weighted by Gasteiger charge is -2.27. The largest absolute Gasteiger partial charge is 0.472 e. The first kappa shape index (κ1) is 14.1. The van der Waals surface area contributed by atoms with Gasteiger partial charge >= 0.3 is 0 Å². The fraction of sp³-hybridized carbons (Fsp3) is 0.353. The summed E-state index contributed by atoms with van der Waals surface area (Å²) in [5, 5.41) is 4.46. The van der Waals surface area contributed by atoms with Crippen molar-refractivity contribution < 1.29 is 4.74 Å². The summed E-state index contributed by atoms with van der Waals surface area (Å²) in [6.45, 7) is 1.82. The highest BCUT2D eigenvalue weighted by atomic mass is 16.5. The van der Waals surface area contributed by atoms with Gasteiger partial charge in [-0.3, -0.25) is 4.68 Å². The minimum absolute atomic E-state index is 0.157. The lowest BCUT2D eigenvalue weighted by Crippen LogP contribution is -2.29. The summed E-state index contributed by atoms with van der Waals surface area (Å²) >= 11 is 0. The fourth-order valence-corrected chi connectivity index (χ4v) is 3.33. The van der Waals surface area contributed by atoms with E-state index >= 15 is 0 Å². The first-order valence-electron chi connectivity index (χ1n) is 7.92. The Morgan fingerprint density at radius 3 is 2.83 bits per heavy atom. The quantitative estimate of drug-likeness (QED) is 0.939. The Balaban J connectivity index is 1.69. The number of hydrogen-bond donors (Lipinski definition) is 1. The number of rotatable bonds is 3. The average molecular weight is 311 g/mol. The molecule has 6 heteroatoms. The standard InChI is InChI=1S/C17H21N5O/c1-20-16(21-8-7-14(18)12-21)15(11-19-20)22-9-10-23-17(22)13-5-3-2-4-6-13/h2-6,9-11,14,17H,7-8,12,18H2,1H3/t14?,17-/m0/s1. The van der Waals surface area contributed by atoms with Gasteiger partial charge in [-0.2, -0.15) is 5.10 Å². The van der Waals surface area contributed by atoms with Crippen LogP contribution in [-0.4, -0.2) is 28.9 Å². The van der Waals surface area contributed by atoms with Crippen molar-refractivity contribution in [1.82, 2.24) is 9.78 Å². The van der Waals surface area contributed by atoms with Crippen LogP contribution < -0.4 is 15.5 Å². The number of nitrogens with two attached hydrogens (primary N) is 1. The topological polar surface area (TPSA) is 59.5 Å². The third kappa shape index (κ3) is 2.45. The maximum absolute atomic E-state index is 6.08. The van der Waals surface area contributed by atoms with Crippen LogP contribution in [-0.2, 0) is 11.8 Å². The molecule has 0 bridgehead atoms. The highest BCUT2D eigenvalue weighted by molar-refractivity contribution is 5.70. The number of nitrogens with zero attached hydrogens (tertiary/aromatic N) is 4. The minimum atomic E-state index is -0.157. The van der Waals surface area contributed by atoms with E-state index in [-0.39, 0.29) is 12.3 Å². The molecule has 2 atom stereocenters. The Labute approximate surface area is 135 Å². The van der Waals surface area contributed by atoms with Crippen LogP contribution in [0.2, 0.25) is 0 Å². The van der Waals surface area contributed by atoms with E-state index < -0.39 is 0 Å². The van der Waals surface area contributed by atoms with Crippen molar-refractivity contribution in [2.75, 3.05) is 22.9 Å². The first-order chi connectivity index (χ1) is 11.2. The maximum Gasteiger partial charge on any atom is 0.201 e. The van der Waals surface area contributed by atoms with Gasteiger partial charge in [0.15, 0.2) is 5.82 Å². The van der Waals surface area contributed by atoms with E-state index in [9.17, 15) is 0 Å². The van der Waals surface area contributed by atoms with Crippen LogP contribution in [0.5, 0.6) is 0 Å². The molecule has 1 saturated heterocycles. The number of aromatic nitrogens is 2. The molecule has 3 heterocycles. The van der Waals surface area contributed by atoms with Crippen LogP contribution in [0.25, 0.3) is 0 Å². The second-order valence-corrected chi connectivity index (χ2v) is 6.06. The highest BCUT2D eigenvalue weighted by Crippen LogP contribution is 2.39. The highest BCUT2D eigenvalue weighted by Gasteiger charge is 2.31. The van der Waals surface area contributed by atoms with Crippen LogP contribution in [0.4, 0.5) is 11.5 Å². The predicted octanol–water partition coefficient (Wildman–Crippen LogP) is 1.96. The molecule has 1 aromatic heterocycles. The number of benzene rings is 1. The van der Waals surface area contributed by atoms with E-state index in [1.165, 1.54) is 0 Å². The maximum atomic E-state index is 6.08. The Morgan fingerprint density at radius 1 is 1.26 bits per heavy atom. The van der Waals surface area contributed by atoms with Gasteiger partial charge in [-0.15, -0.1) is 0 Å². The van der Waals surface area contributed by atoms with Crippen LogP contribution >= 0.6 is 0 Å². The fourth-order valence-electron chi connectivity index (χ4n) is 3.33. The lowest BCUT2D eigenvalue weighted by molar-refractivity contribution is 0.174. The molecule has 0 saturated carbocycles. The van der Waals surface area contributed by atoms with E-state index in [1.54, 1.807) is 6.26 Å². The molecule has 120 valence electrons. The second kappa shape index (κ2) is 5.62. The summed E-state index contributed by atoms with van der Waals surface area (Å²) in [5.74, 6) is 1.09. The molecule has 0 aliphatic carbocycles. The molecule has 1 fully saturated rings. The Hall–Kier alpha value is -2.47. The van der Waals surface area contributed by atoms with Crippen LogP contribution in [0, 0.1) is 0 Å². The Bertz CT molecular complexity index is 711. The summed E-state index contributed by atoms with van der Waals surface area (Å²) in [6.07, 6.45) is 6.46. The molecular formula is C17H21N5O. The molecule has 2 aliphatic rings. The Morgan fingerprint density at radius 2 is 2.09 bits per heavy atom. The summed E-state index contributed by atoms with van der Waals surface area (Å²) in [6, 6.07) is 10.4. The molecule has 6 nitrogen and oxygen atoms in total. The molecule has 0 amide bonds. The molecule has 4 rings (SSSR count). The van der Waals surface area contributed by atoms with Gasteiger partial charge in [0.1, 0.15) is 11.9 Å². The summed E-state index contributed by atoms with van der Waals surface area (Å²) in [7, 11) is 1.97. The summed E-state index contributed by atoms with van der Waals surface area (Å²) in [4.78, 5) is 4.43. The zero-order valence-corrected chi connectivity index (χ0v) is 13.2. The van der Waals surface area contributed by atoms with Crippen molar-refractivity contribution in [3.63, 3.8) is 0 Å². The number of anilines is 2. The predicted molar refractivity (Wildman–Crippen MR) is 89.9 cm³/mol. The van der Waals surface area contributed by atoms with Gasteiger partial charge in [0.2, 0.25) is 6.23 Å². The van der Waals surface area contributed by atoms with Gasteiger partial charge in [-0.1, -0.05) is 30.3 Å². The third-order valence-electron chi connectivity index (χ3n) is 4.46. The van der Waals surface area contributed by atoms with Crippen molar-refractivity contribution in [2.24, 2.45) is 12.8 Å². The van der Waals surface area contributed by atoms with Gasteiger partial charge in [0, 0.05) is 37.9 Å². The average Bonchev–Trinajstić information content (AvgIpc) is 3.27. The van der Waals surface area contributed by atoms with Gasteiger partial charge < -0.3 is 20.3 Å². The van der Waals surface area contributed by atoms with Crippen LogP contribution in [0.1, 0.15) is 18.2 Å².